The molecular formula is C10H17NO4S. The largest absolute Gasteiger partial charge is 0.377 e. The summed E-state index contributed by atoms with van der Waals surface area (Å²) < 4.78 is 0. The molecule has 2 N–H and O–H groups in total. The Hall–Kier alpha value is -0.720. The van der Waals surface area contributed by atoms with Crippen LogP contribution in [0.15, 0.2) is 0 Å². The van der Waals surface area contributed by atoms with Gasteiger partial charge in [-0.1, -0.05) is 0 Å². The molecule has 16 heavy (non-hydrogen) atoms. The Balaban J connectivity index is 3.90. The van der Waals surface area contributed by atoms with Crippen LogP contribution in [0, 0.1) is 0 Å². The van der Waals surface area contributed by atoms with E-state index in [4.69, 9.17) is 0 Å². The number of rotatable bonds is 11. The first kappa shape index (κ1) is 15.3. The highest BCUT2D eigenvalue weighted by Gasteiger charge is 2.18. The zero-order valence-corrected chi connectivity index (χ0v) is 9.82. The van der Waals surface area contributed by atoms with Crippen LogP contribution in [0.25, 0.3) is 0 Å². The first-order valence-corrected chi connectivity index (χ1v) is 6.15. The van der Waals surface area contributed by atoms with E-state index in [1.54, 1.807) is 0 Å². The van der Waals surface area contributed by atoms with E-state index < -0.39 is 6.23 Å². The van der Waals surface area contributed by atoms with E-state index >= 15 is 0 Å². The number of thioether (sulfide) groups is 1. The van der Waals surface area contributed by atoms with Gasteiger partial charge in [0.05, 0.1) is 5.25 Å². The quantitative estimate of drug-likeness (QED) is 0.298. The highest BCUT2D eigenvalue weighted by atomic mass is 32.2. The lowest BCUT2D eigenvalue weighted by Crippen LogP contribution is -2.39. The third-order valence-corrected chi connectivity index (χ3v) is 3.21. The molecule has 0 rings (SSSR count). The van der Waals surface area contributed by atoms with E-state index in [2.05, 4.69) is 5.32 Å². The second-order valence-corrected chi connectivity index (χ2v) is 4.47. The van der Waals surface area contributed by atoms with Crippen molar-refractivity contribution >= 4 is 30.6 Å². The molecule has 0 saturated carbocycles. The van der Waals surface area contributed by atoms with Crippen molar-refractivity contribution in [2.75, 3.05) is 12.3 Å². The van der Waals surface area contributed by atoms with Crippen LogP contribution in [0.4, 0.5) is 0 Å². The van der Waals surface area contributed by atoms with Gasteiger partial charge in [-0.05, 0) is 0 Å². The molecule has 0 bridgehead atoms. The summed E-state index contributed by atoms with van der Waals surface area (Å²) in [7, 11) is 0. The van der Waals surface area contributed by atoms with Gasteiger partial charge in [0.25, 0.3) is 0 Å². The van der Waals surface area contributed by atoms with Gasteiger partial charge in [-0.15, -0.1) is 0 Å². The van der Waals surface area contributed by atoms with Crippen molar-refractivity contribution < 1.29 is 19.5 Å². The summed E-state index contributed by atoms with van der Waals surface area (Å²) >= 11 is 1.37. The van der Waals surface area contributed by atoms with Crippen LogP contribution in [0.3, 0.4) is 0 Å². The van der Waals surface area contributed by atoms with E-state index in [0.29, 0.717) is 25.1 Å². The fourth-order valence-corrected chi connectivity index (χ4v) is 2.10. The lowest BCUT2D eigenvalue weighted by molar-refractivity contribution is -0.109. The second kappa shape index (κ2) is 10.8. The number of aliphatic hydroxyl groups is 1. The normalized spacial score (nSPS) is 14.1. The van der Waals surface area contributed by atoms with E-state index in [1.165, 1.54) is 11.8 Å². The van der Waals surface area contributed by atoms with Crippen LogP contribution in [0.5, 0.6) is 0 Å². The molecule has 0 aliphatic carbocycles. The molecule has 0 amide bonds. The van der Waals surface area contributed by atoms with Crippen LogP contribution in [-0.4, -0.2) is 47.7 Å². The van der Waals surface area contributed by atoms with Gasteiger partial charge in [0.15, 0.2) is 0 Å². The van der Waals surface area contributed by atoms with Crippen molar-refractivity contribution in [3.8, 4) is 0 Å². The van der Waals surface area contributed by atoms with Gasteiger partial charge in [-0.25, -0.2) is 0 Å². The average molecular weight is 247 g/mol. The molecule has 0 radical (unpaired) electrons. The Morgan fingerprint density at radius 3 is 2.38 bits per heavy atom. The lowest BCUT2D eigenvalue weighted by Gasteiger charge is -2.21. The van der Waals surface area contributed by atoms with Gasteiger partial charge in [-0.3, -0.25) is 5.32 Å². The van der Waals surface area contributed by atoms with Gasteiger partial charge in [0.2, 0.25) is 0 Å². The molecule has 0 aromatic carbocycles. The number of hydrogen-bond donors (Lipinski definition) is 2. The molecule has 0 aromatic rings. The summed E-state index contributed by atoms with van der Waals surface area (Å²) in [6.45, 7) is 0.383. The van der Waals surface area contributed by atoms with Crippen molar-refractivity contribution in [1.82, 2.24) is 5.32 Å². The molecule has 5 nitrogen and oxygen atoms in total. The molecule has 0 fully saturated rings. The third-order valence-electron chi connectivity index (χ3n) is 1.86. The van der Waals surface area contributed by atoms with Crippen molar-refractivity contribution in [2.45, 2.75) is 30.7 Å². The summed E-state index contributed by atoms with van der Waals surface area (Å²) in [6.07, 6.45) is 2.42. The van der Waals surface area contributed by atoms with Gasteiger partial charge >= 0.3 is 0 Å². The molecule has 0 aliphatic heterocycles. The fraction of sp³-hybridized carbons (Fsp3) is 0.700. The maximum atomic E-state index is 10.4. The van der Waals surface area contributed by atoms with Crippen LogP contribution >= 0.6 is 11.8 Å². The summed E-state index contributed by atoms with van der Waals surface area (Å²) in [5.74, 6) is 0.578. The first-order valence-electron chi connectivity index (χ1n) is 5.10. The number of hydrogen-bond acceptors (Lipinski definition) is 6. The Morgan fingerprint density at radius 2 is 1.81 bits per heavy atom. The molecule has 0 aromatic heterocycles. The molecule has 2 atom stereocenters. The number of carbonyl (C=O) groups excluding carboxylic acids is 3. The summed E-state index contributed by atoms with van der Waals surface area (Å²) in [5.41, 5.74) is 0. The van der Waals surface area contributed by atoms with Crippen LogP contribution in [0.2, 0.25) is 0 Å². The summed E-state index contributed by atoms with van der Waals surface area (Å²) in [4.78, 5) is 30.6. The van der Waals surface area contributed by atoms with Crippen molar-refractivity contribution in [1.29, 1.82) is 0 Å². The molecule has 0 aliphatic rings. The molecule has 0 saturated heterocycles. The molecular weight excluding hydrogens is 230 g/mol. The minimum atomic E-state index is -0.832. The van der Waals surface area contributed by atoms with Gasteiger partial charge < -0.3 is 19.5 Å². The van der Waals surface area contributed by atoms with E-state index in [0.717, 1.165) is 18.9 Å². The SMILES string of the molecule is O=CCCNC(O)C(CC=O)SCCC=O. The number of nitrogens with one attached hydrogen (secondary N) is 1. The van der Waals surface area contributed by atoms with E-state index in [-0.39, 0.29) is 11.7 Å². The number of aliphatic hydroxyl groups excluding tert-OH is 1. The van der Waals surface area contributed by atoms with Crippen LogP contribution in [0.1, 0.15) is 19.3 Å². The van der Waals surface area contributed by atoms with Crippen molar-refractivity contribution in [3.05, 3.63) is 0 Å². The van der Waals surface area contributed by atoms with Gasteiger partial charge in [-0.2, -0.15) is 11.8 Å². The monoisotopic (exact) mass is 247 g/mol. The summed E-state index contributed by atoms with van der Waals surface area (Å²) in [6, 6.07) is 0. The Kier molecular flexibility index (Phi) is 10.3. The Labute approximate surface area is 99.0 Å². The van der Waals surface area contributed by atoms with Crippen molar-refractivity contribution in [3.63, 3.8) is 0 Å². The molecule has 0 spiro atoms. The number of aldehydes is 3. The Morgan fingerprint density at radius 1 is 1.12 bits per heavy atom. The second-order valence-electron chi connectivity index (χ2n) is 3.12. The van der Waals surface area contributed by atoms with E-state index in [9.17, 15) is 19.5 Å². The summed E-state index contributed by atoms with van der Waals surface area (Å²) in [5, 5.41) is 12.1. The van der Waals surface area contributed by atoms with Gasteiger partial charge in [0, 0.05) is 31.6 Å². The minimum Gasteiger partial charge on any atom is -0.377 e. The predicted molar refractivity (Wildman–Crippen MR) is 62.3 cm³/mol. The zero-order chi connectivity index (χ0) is 12.2. The maximum absolute atomic E-state index is 10.4. The highest BCUT2D eigenvalue weighted by molar-refractivity contribution is 8.00. The van der Waals surface area contributed by atoms with Gasteiger partial charge in [0.1, 0.15) is 25.1 Å². The standard InChI is InChI=1S/C10H17NO4S/c12-5-1-4-11-10(15)9(3-7-14)16-8-2-6-13/h5-7,9-11,15H,1-4,8H2. The highest BCUT2D eigenvalue weighted by Crippen LogP contribution is 2.17. The number of carbonyl (C=O) groups is 3. The average Bonchev–Trinajstić information content (AvgIpc) is 2.28. The topological polar surface area (TPSA) is 83.5 Å². The smallest absolute Gasteiger partial charge is 0.121 e. The minimum absolute atomic E-state index is 0.221. The first-order chi connectivity index (χ1) is 7.76. The zero-order valence-electron chi connectivity index (χ0n) is 9.00. The molecule has 92 valence electrons. The van der Waals surface area contributed by atoms with Crippen LogP contribution < -0.4 is 5.32 Å². The van der Waals surface area contributed by atoms with E-state index in [1.807, 2.05) is 0 Å². The van der Waals surface area contributed by atoms with Crippen LogP contribution in [-0.2, 0) is 14.4 Å². The molecule has 0 heterocycles. The Bertz CT molecular complexity index is 213. The molecule has 6 heteroatoms. The fourth-order valence-electron chi connectivity index (χ4n) is 1.07. The lowest BCUT2D eigenvalue weighted by atomic mass is 10.3. The maximum Gasteiger partial charge on any atom is 0.121 e. The third kappa shape index (κ3) is 7.56. The van der Waals surface area contributed by atoms with Crippen molar-refractivity contribution in [2.24, 2.45) is 0 Å². The molecule has 2 unspecified atom stereocenters. The predicted octanol–water partition coefficient (Wildman–Crippen LogP) is -0.237.